The Balaban J connectivity index is 1.69. The molecule has 0 saturated carbocycles. The number of aryl methyl sites for hydroxylation is 2. The molecule has 1 aliphatic heterocycles. The van der Waals surface area contributed by atoms with Gasteiger partial charge in [-0.1, -0.05) is 35.9 Å². The van der Waals surface area contributed by atoms with E-state index in [4.69, 9.17) is 22.3 Å². The van der Waals surface area contributed by atoms with Gasteiger partial charge in [-0.2, -0.15) is 4.98 Å². The lowest BCUT2D eigenvalue weighted by Crippen LogP contribution is -2.44. The van der Waals surface area contributed by atoms with E-state index in [0.29, 0.717) is 41.1 Å². The normalized spacial score (nSPS) is 16.9. The number of rotatable bonds is 5. The molecule has 4 aromatic rings. The number of para-hydroxylation sites is 1. The number of hydrogen-bond donors (Lipinski definition) is 1. The molecule has 2 N–H and O–H groups in total. The van der Waals surface area contributed by atoms with Crippen LogP contribution in [0.25, 0.3) is 22.1 Å². The van der Waals surface area contributed by atoms with E-state index in [9.17, 15) is 9.59 Å². The molecule has 0 radical (unpaired) electrons. The van der Waals surface area contributed by atoms with Crippen LogP contribution in [-0.4, -0.2) is 47.8 Å². The van der Waals surface area contributed by atoms with E-state index in [1.807, 2.05) is 41.8 Å². The summed E-state index contributed by atoms with van der Waals surface area (Å²) in [5.41, 5.74) is 7.52. The van der Waals surface area contributed by atoms with Crippen LogP contribution in [0.3, 0.4) is 0 Å². The molecule has 0 bridgehead atoms. The Morgan fingerprint density at radius 3 is 2.72 bits per heavy atom. The molecule has 1 fully saturated rings. The first-order valence-corrected chi connectivity index (χ1v) is 12.4. The Labute approximate surface area is 212 Å². The van der Waals surface area contributed by atoms with Crippen molar-refractivity contribution in [2.24, 2.45) is 12.8 Å². The zero-order valence-electron chi connectivity index (χ0n) is 20.6. The highest BCUT2D eigenvalue weighted by molar-refractivity contribution is 6.29. The molecule has 1 aromatic carbocycles. The van der Waals surface area contributed by atoms with E-state index in [1.54, 1.807) is 14.0 Å². The number of fused-ring (bicyclic) bond motifs is 2. The molecule has 0 unspecified atom stereocenters. The average Bonchev–Trinajstić information content (AvgIpc) is 3.24. The van der Waals surface area contributed by atoms with Crippen molar-refractivity contribution in [3.63, 3.8) is 0 Å². The van der Waals surface area contributed by atoms with Crippen LogP contribution >= 0.6 is 11.6 Å². The van der Waals surface area contributed by atoms with Crippen LogP contribution in [0, 0.1) is 6.92 Å². The highest BCUT2D eigenvalue weighted by Crippen LogP contribution is 2.23. The molecule has 11 heteroatoms. The van der Waals surface area contributed by atoms with Crippen LogP contribution in [0.2, 0.25) is 0 Å². The topological polar surface area (TPSA) is 117 Å². The van der Waals surface area contributed by atoms with Crippen molar-refractivity contribution in [2.45, 2.75) is 45.8 Å². The Bertz CT molecular complexity index is 1610. The first-order chi connectivity index (χ1) is 17.2. The summed E-state index contributed by atoms with van der Waals surface area (Å²) in [6.45, 7) is 5.36. The van der Waals surface area contributed by atoms with Gasteiger partial charge in [-0.3, -0.25) is 13.9 Å². The SMILES string of the molecule is CC(Cl)=CCn1c(N2CCC[C@@H](N)C2)nc2c1c(=O)n(Cc1nc(C)c3ccccc3n1)c(=O)n2C. The smallest absolute Gasteiger partial charge is 0.332 e. The van der Waals surface area contributed by atoms with Gasteiger partial charge in [0.1, 0.15) is 5.82 Å². The molecule has 0 amide bonds. The van der Waals surface area contributed by atoms with Crippen molar-refractivity contribution in [1.29, 1.82) is 0 Å². The second kappa shape index (κ2) is 9.51. The lowest BCUT2D eigenvalue weighted by molar-refractivity contribution is 0.495. The zero-order valence-corrected chi connectivity index (χ0v) is 21.4. The lowest BCUT2D eigenvalue weighted by Gasteiger charge is -2.31. The summed E-state index contributed by atoms with van der Waals surface area (Å²) in [6.07, 6.45) is 3.69. The summed E-state index contributed by atoms with van der Waals surface area (Å²) in [5, 5.41) is 1.53. The minimum atomic E-state index is -0.475. The molecule has 10 nitrogen and oxygen atoms in total. The number of hydrogen-bond acceptors (Lipinski definition) is 7. The fourth-order valence-corrected chi connectivity index (χ4v) is 4.90. The summed E-state index contributed by atoms with van der Waals surface area (Å²) in [7, 11) is 1.62. The molecule has 4 heterocycles. The van der Waals surface area contributed by atoms with E-state index in [-0.39, 0.29) is 12.6 Å². The molecule has 188 valence electrons. The first-order valence-electron chi connectivity index (χ1n) is 12.0. The highest BCUT2D eigenvalue weighted by Gasteiger charge is 2.26. The third-order valence-corrected chi connectivity index (χ3v) is 6.80. The quantitative estimate of drug-likeness (QED) is 0.439. The van der Waals surface area contributed by atoms with Crippen LogP contribution in [0.1, 0.15) is 31.3 Å². The third-order valence-electron chi connectivity index (χ3n) is 6.65. The molecular formula is C25H29ClN8O2. The second-order valence-electron chi connectivity index (χ2n) is 9.31. The van der Waals surface area contributed by atoms with Crippen LogP contribution in [0.5, 0.6) is 0 Å². The maximum atomic E-state index is 13.8. The molecular weight excluding hydrogens is 480 g/mol. The fourth-order valence-electron chi connectivity index (χ4n) is 4.83. The molecule has 1 saturated heterocycles. The number of piperidine rings is 1. The number of imidazole rings is 1. The molecule has 5 rings (SSSR count). The van der Waals surface area contributed by atoms with Crippen molar-refractivity contribution in [3.05, 3.63) is 67.7 Å². The summed E-state index contributed by atoms with van der Waals surface area (Å²) in [4.78, 5) is 43.1. The molecule has 1 aliphatic rings. The summed E-state index contributed by atoms with van der Waals surface area (Å²) in [6, 6.07) is 7.69. The Morgan fingerprint density at radius 2 is 1.97 bits per heavy atom. The average molecular weight is 509 g/mol. The van der Waals surface area contributed by atoms with Crippen LogP contribution in [-0.2, 0) is 20.1 Å². The largest absolute Gasteiger partial charge is 0.341 e. The summed E-state index contributed by atoms with van der Waals surface area (Å²) >= 11 is 6.14. The molecule has 3 aromatic heterocycles. The third kappa shape index (κ3) is 4.31. The Hall–Kier alpha value is -3.50. The van der Waals surface area contributed by atoms with Gasteiger partial charge in [0.25, 0.3) is 5.56 Å². The number of anilines is 1. The number of allylic oxidation sites excluding steroid dienone is 2. The fraction of sp³-hybridized carbons (Fsp3) is 0.400. The van der Waals surface area contributed by atoms with Gasteiger partial charge in [-0.25, -0.2) is 14.8 Å². The number of nitrogens with zero attached hydrogens (tertiary/aromatic N) is 7. The van der Waals surface area contributed by atoms with Gasteiger partial charge in [0.05, 0.1) is 12.1 Å². The zero-order chi connectivity index (χ0) is 25.6. The van der Waals surface area contributed by atoms with Gasteiger partial charge in [0.15, 0.2) is 11.2 Å². The lowest BCUT2D eigenvalue weighted by atomic mass is 10.1. The maximum absolute atomic E-state index is 13.8. The number of nitrogens with two attached hydrogens (primary N) is 1. The first kappa shape index (κ1) is 24.2. The van der Waals surface area contributed by atoms with Crippen molar-refractivity contribution < 1.29 is 0 Å². The molecule has 36 heavy (non-hydrogen) atoms. The predicted molar refractivity (Wildman–Crippen MR) is 142 cm³/mol. The standard InChI is InChI=1S/C25H29ClN8O2/c1-15(26)10-12-33-21-22(30-24(33)32-11-6-7-17(27)13-32)31(3)25(36)34(23(21)35)14-20-28-16(2)18-8-4-5-9-19(18)29-20/h4-5,8-10,17H,6-7,11-14,27H2,1-3H3/t17-/m1/s1. The van der Waals surface area contributed by atoms with Gasteiger partial charge >= 0.3 is 5.69 Å². The van der Waals surface area contributed by atoms with E-state index in [1.165, 1.54) is 9.13 Å². The number of aromatic nitrogens is 6. The van der Waals surface area contributed by atoms with E-state index >= 15 is 0 Å². The van der Waals surface area contributed by atoms with Gasteiger partial charge in [-0.05, 0) is 32.8 Å². The van der Waals surface area contributed by atoms with Gasteiger partial charge in [0, 0.05) is 48.8 Å². The van der Waals surface area contributed by atoms with Gasteiger partial charge in [-0.15, -0.1) is 0 Å². The monoisotopic (exact) mass is 508 g/mol. The number of halogens is 1. The van der Waals surface area contributed by atoms with Crippen molar-refractivity contribution in [3.8, 4) is 0 Å². The summed E-state index contributed by atoms with van der Waals surface area (Å²) < 4.78 is 4.41. The van der Waals surface area contributed by atoms with Gasteiger partial charge < -0.3 is 15.2 Å². The van der Waals surface area contributed by atoms with Crippen molar-refractivity contribution in [1.82, 2.24) is 28.7 Å². The van der Waals surface area contributed by atoms with E-state index in [2.05, 4.69) is 14.9 Å². The Morgan fingerprint density at radius 1 is 1.19 bits per heavy atom. The highest BCUT2D eigenvalue weighted by atomic mass is 35.5. The minimum Gasteiger partial charge on any atom is -0.341 e. The van der Waals surface area contributed by atoms with E-state index in [0.717, 1.165) is 36.0 Å². The van der Waals surface area contributed by atoms with Crippen LogP contribution < -0.4 is 21.9 Å². The number of benzene rings is 1. The summed E-state index contributed by atoms with van der Waals surface area (Å²) in [5.74, 6) is 1.01. The van der Waals surface area contributed by atoms with Gasteiger partial charge in [0.2, 0.25) is 5.95 Å². The molecule has 0 spiro atoms. The predicted octanol–water partition coefficient (Wildman–Crippen LogP) is 2.27. The maximum Gasteiger partial charge on any atom is 0.332 e. The second-order valence-corrected chi connectivity index (χ2v) is 9.91. The van der Waals surface area contributed by atoms with E-state index < -0.39 is 11.2 Å². The molecule has 0 aliphatic carbocycles. The van der Waals surface area contributed by atoms with Crippen LogP contribution in [0.4, 0.5) is 5.95 Å². The Kier molecular flexibility index (Phi) is 6.40. The van der Waals surface area contributed by atoms with Crippen LogP contribution in [0.15, 0.2) is 45.0 Å². The molecule has 1 atom stereocenters. The van der Waals surface area contributed by atoms with Crippen molar-refractivity contribution >= 4 is 39.6 Å². The van der Waals surface area contributed by atoms with Crippen molar-refractivity contribution in [2.75, 3.05) is 18.0 Å². The minimum absolute atomic E-state index is 0.0195.